The SMILES string of the molecule is CCOc1ccc(NC(=O)OC(C)C)cc1CO. The van der Waals surface area contributed by atoms with E-state index in [1.54, 1.807) is 32.0 Å². The number of amides is 1. The molecule has 0 aliphatic heterocycles. The molecule has 0 fully saturated rings. The zero-order valence-corrected chi connectivity index (χ0v) is 10.9. The second-order valence-electron chi connectivity index (χ2n) is 3.99. The van der Waals surface area contributed by atoms with Crippen LogP contribution in [0.25, 0.3) is 0 Å². The number of benzene rings is 1. The molecule has 1 rings (SSSR count). The number of nitrogens with one attached hydrogen (secondary N) is 1. The van der Waals surface area contributed by atoms with Crippen LogP contribution in [0.1, 0.15) is 26.3 Å². The summed E-state index contributed by atoms with van der Waals surface area (Å²) in [5.74, 6) is 0.614. The number of carbonyl (C=O) groups is 1. The van der Waals surface area contributed by atoms with Gasteiger partial charge in [0.2, 0.25) is 0 Å². The third-order valence-electron chi connectivity index (χ3n) is 2.12. The van der Waals surface area contributed by atoms with Gasteiger partial charge >= 0.3 is 6.09 Å². The van der Waals surface area contributed by atoms with Crippen LogP contribution in [0.3, 0.4) is 0 Å². The Bertz CT molecular complexity index is 404. The van der Waals surface area contributed by atoms with Crippen molar-refractivity contribution in [1.82, 2.24) is 0 Å². The van der Waals surface area contributed by atoms with Crippen LogP contribution in [0.2, 0.25) is 0 Å². The van der Waals surface area contributed by atoms with Crippen molar-refractivity contribution in [3.05, 3.63) is 23.8 Å². The van der Waals surface area contributed by atoms with Crippen molar-refractivity contribution in [2.24, 2.45) is 0 Å². The predicted octanol–water partition coefficient (Wildman–Crippen LogP) is 2.53. The van der Waals surface area contributed by atoms with Gasteiger partial charge < -0.3 is 14.6 Å². The molecule has 0 spiro atoms. The van der Waals surface area contributed by atoms with Crippen LogP contribution >= 0.6 is 0 Å². The summed E-state index contributed by atoms with van der Waals surface area (Å²) in [7, 11) is 0. The Hall–Kier alpha value is -1.75. The van der Waals surface area contributed by atoms with Crippen LogP contribution in [-0.4, -0.2) is 23.9 Å². The molecule has 5 nitrogen and oxygen atoms in total. The Morgan fingerprint density at radius 3 is 2.72 bits per heavy atom. The minimum Gasteiger partial charge on any atom is -0.494 e. The fourth-order valence-electron chi connectivity index (χ4n) is 1.44. The predicted molar refractivity (Wildman–Crippen MR) is 68.8 cm³/mol. The van der Waals surface area contributed by atoms with Gasteiger partial charge in [-0.1, -0.05) is 0 Å². The van der Waals surface area contributed by atoms with Crippen molar-refractivity contribution in [1.29, 1.82) is 0 Å². The number of hydrogen-bond donors (Lipinski definition) is 2. The molecule has 2 N–H and O–H groups in total. The third-order valence-corrected chi connectivity index (χ3v) is 2.12. The first-order valence-corrected chi connectivity index (χ1v) is 5.91. The van der Waals surface area contributed by atoms with Crippen LogP contribution in [0.4, 0.5) is 10.5 Å². The van der Waals surface area contributed by atoms with Crippen LogP contribution < -0.4 is 10.1 Å². The Balaban J connectivity index is 2.76. The highest BCUT2D eigenvalue weighted by molar-refractivity contribution is 5.85. The highest BCUT2D eigenvalue weighted by Crippen LogP contribution is 2.23. The van der Waals surface area contributed by atoms with Crippen LogP contribution in [0.5, 0.6) is 5.75 Å². The minimum absolute atomic E-state index is 0.149. The van der Waals surface area contributed by atoms with Crippen molar-refractivity contribution in [3.8, 4) is 5.75 Å². The fourth-order valence-corrected chi connectivity index (χ4v) is 1.44. The van der Waals surface area contributed by atoms with Gasteiger partial charge in [0.25, 0.3) is 0 Å². The van der Waals surface area contributed by atoms with Gasteiger partial charge in [0.05, 0.1) is 19.3 Å². The van der Waals surface area contributed by atoms with Crippen molar-refractivity contribution < 1.29 is 19.4 Å². The maximum atomic E-state index is 11.4. The van der Waals surface area contributed by atoms with E-state index in [9.17, 15) is 9.90 Å². The lowest BCUT2D eigenvalue weighted by molar-refractivity contribution is 0.130. The zero-order valence-electron chi connectivity index (χ0n) is 10.9. The summed E-state index contributed by atoms with van der Waals surface area (Å²) in [6.45, 7) is 5.79. The Kier molecular flexibility index (Phi) is 5.45. The number of rotatable bonds is 5. The fraction of sp³-hybridized carbons (Fsp3) is 0.462. The lowest BCUT2D eigenvalue weighted by Crippen LogP contribution is -2.18. The Labute approximate surface area is 107 Å². The first-order chi connectivity index (χ1) is 8.56. The van der Waals surface area contributed by atoms with E-state index in [0.717, 1.165) is 0 Å². The van der Waals surface area contributed by atoms with Gasteiger partial charge in [-0.3, -0.25) is 5.32 Å². The average Bonchev–Trinajstić information content (AvgIpc) is 2.30. The molecular weight excluding hydrogens is 234 g/mol. The van der Waals surface area contributed by atoms with Gasteiger partial charge in [-0.2, -0.15) is 0 Å². The maximum Gasteiger partial charge on any atom is 0.411 e. The highest BCUT2D eigenvalue weighted by atomic mass is 16.6. The lowest BCUT2D eigenvalue weighted by atomic mass is 10.2. The number of hydrogen-bond acceptors (Lipinski definition) is 4. The number of carbonyl (C=O) groups excluding carboxylic acids is 1. The summed E-state index contributed by atoms with van der Waals surface area (Å²) in [6, 6.07) is 5.07. The molecule has 0 bridgehead atoms. The average molecular weight is 253 g/mol. The lowest BCUT2D eigenvalue weighted by Gasteiger charge is -2.12. The van der Waals surface area contributed by atoms with Gasteiger partial charge in [-0.25, -0.2) is 4.79 Å². The van der Waals surface area contributed by atoms with Crippen LogP contribution in [-0.2, 0) is 11.3 Å². The number of aliphatic hydroxyl groups excluding tert-OH is 1. The molecule has 0 aliphatic carbocycles. The minimum atomic E-state index is -0.516. The topological polar surface area (TPSA) is 67.8 Å². The quantitative estimate of drug-likeness (QED) is 0.846. The first-order valence-electron chi connectivity index (χ1n) is 5.91. The summed E-state index contributed by atoms with van der Waals surface area (Å²) in [4.78, 5) is 11.4. The molecule has 0 aromatic heterocycles. The second kappa shape index (κ2) is 6.86. The van der Waals surface area contributed by atoms with Gasteiger partial charge in [0.1, 0.15) is 5.75 Å². The molecule has 0 aliphatic rings. The molecule has 100 valence electrons. The van der Waals surface area contributed by atoms with Crippen molar-refractivity contribution in [2.75, 3.05) is 11.9 Å². The zero-order chi connectivity index (χ0) is 13.5. The summed E-state index contributed by atoms with van der Waals surface area (Å²) < 4.78 is 10.3. The van der Waals surface area contributed by atoms with Crippen molar-refractivity contribution in [3.63, 3.8) is 0 Å². The van der Waals surface area contributed by atoms with E-state index in [-0.39, 0.29) is 12.7 Å². The van der Waals surface area contributed by atoms with E-state index in [4.69, 9.17) is 9.47 Å². The number of anilines is 1. The Morgan fingerprint density at radius 2 is 2.17 bits per heavy atom. The van der Waals surface area contributed by atoms with E-state index >= 15 is 0 Å². The normalized spacial score (nSPS) is 10.3. The van der Waals surface area contributed by atoms with E-state index < -0.39 is 6.09 Å². The number of aliphatic hydroxyl groups is 1. The molecule has 0 atom stereocenters. The molecule has 0 unspecified atom stereocenters. The molecule has 5 heteroatoms. The second-order valence-corrected chi connectivity index (χ2v) is 3.99. The molecule has 0 saturated carbocycles. The van der Waals surface area contributed by atoms with E-state index in [1.807, 2.05) is 6.92 Å². The van der Waals surface area contributed by atoms with E-state index in [2.05, 4.69) is 5.32 Å². The van der Waals surface area contributed by atoms with Gasteiger partial charge in [-0.15, -0.1) is 0 Å². The van der Waals surface area contributed by atoms with Gasteiger partial charge in [-0.05, 0) is 39.0 Å². The third kappa shape index (κ3) is 4.25. The molecule has 1 aromatic carbocycles. The van der Waals surface area contributed by atoms with Gasteiger partial charge in [0, 0.05) is 11.3 Å². The summed E-state index contributed by atoms with van der Waals surface area (Å²) in [5, 5.41) is 11.8. The van der Waals surface area contributed by atoms with E-state index in [0.29, 0.717) is 23.6 Å². The molecule has 0 radical (unpaired) electrons. The first kappa shape index (κ1) is 14.3. The molecule has 18 heavy (non-hydrogen) atoms. The molecule has 1 aromatic rings. The van der Waals surface area contributed by atoms with Crippen LogP contribution in [0, 0.1) is 0 Å². The maximum absolute atomic E-state index is 11.4. The monoisotopic (exact) mass is 253 g/mol. The van der Waals surface area contributed by atoms with Crippen LogP contribution in [0.15, 0.2) is 18.2 Å². The standard InChI is InChI=1S/C13H19NO4/c1-4-17-12-6-5-11(7-10(12)8-15)14-13(16)18-9(2)3/h5-7,9,15H,4,8H2,1-3H3,(H,14,16). The van der Waals surface area contributed by atoms with E-state index in [1.165, 1.54) is 0 Å². The summed E-state index contributed by atoms with van der Waals surface area (Å²) in [5.41, 5.74) is 1.19. The smallest absolute Gasteiger partial charge is 0.411 e. The largest absolute Gasteiger partial charge is 0.494 e. The summed E-state index contributed by atoms with van der Waals surface area (Å²) in [6.07, 6.45) is -0.692. The summed E-state index contributed by atoms with van der Waals surface area (Å²) >= 11 is 0. The molecule has 0 heterocycles. The van der Waals surface area contributed by atoms with Crippen molar-refractivity contribution >= 4 is 11.8 Å². The highest BCUT2D eigenvalue weighted by Gasteiger charge is 2.08. The molecule has 1 amide bonds. The molecule has 0 saturated heterocycles. The number of ether oxygens (including phenoxy) is 2. The van der Waals surface area contributed by atoms with Gasteiger partial charge in [0.15, 0.2) is 0 Å². The molecular formula is C13H19NO4. The Morgan fingerprint density at radius 1 is 1.44 bits per heavy atom. The van der Waals surface area contributed by atoms with Crippen molar-refractivity contribution in [2.45, 2.75) is 33.5 Å².